The van der Waals surface area contributed by atoms with Gasteiger partial charge in [0.05, 0.1) is 12.2 Å². The molecule has 0 radical (unpaired) electrons. The van der Waals surface area contributed by atoms with Crippen molar-refractivity contribution in [1.82, 2.24) is 20.0 Å². The average molecular weight is 309 g/mol. The lowest BCUT2D eigenvalue weighted by atomic mass is 10.3. The van der Waals surface area contributed by atoms with Gasteiger partial charge in [-0.15, -0.1) is 5.10 Å². The third kappa shape index (κ3) is 3.91. The molecule has 0 saturated carbocycles. The highest BCUT2D eigenvalue weighted by atomic mass is 16.5. The number of rotatable bonds is 6. The molecule has 0 aliphatic carbocycles. The molecule has 0 unspecified atom stereocenters. The monoisotopic (exact) mass is 309 g/mol. The molecule has 0 fully saturated rings. The molecule has 0 aliphatic rings. The molecule has 23 heavy (non-hydrogen) atoms. The summed E-state index contributed by atoms with van der Waals surface area (Å²) in [7, 11) is 0. The van der Waals surface area contributed by atoms with E-state index >= 15 is 0 Å². The molecule has 3 rings (SSSR count). The molecule has 0 aliphatic heterocycles. The Kier molecular flexibility index (Phi) is 4.58. The first-order valence-electron chi connectivity index (χ1n) is 7.13. The SMILES string of the molecule is O=C(OCCNc1cccnn1)c1ccn(-c2ccccc2)n1. The van der Waals surface area contributed by atoms with E-state index in [9.17, 15) is 4.79 Å². The maximum Gasteiger partial charge on any atom is 0.358 e. The number of carbonyl (C=O) groups is 1. The largest absolute Gasteiger partial charge is 0.459 e. The average Bonchev–Trinajstić information content (AvgIpc) is 3.10. The highest BCUT2D eigenvalue weighted by molar-refractivity contribution is 5.87. The second kappa shape index (κ2) is 7.17. The maximum absolute atomic E-state index is 11.9. The van der Waals surface area contributed by atoms with Crippen LogP contribution < -0.4 is 5.32 Å². The molecule has 1 N–H and O–H groups in total. The van der Waals surface area contributed by atoms with Gasteiger partial charge in [0.1, 0.15) is 12.4 Å². The first kappa shape index (κ1) is 14.7. The summed E-state index contributed by atoms with van der Waals surface area (Å²) >= 11 is 0. The van der Waals surface area contributed by atoms with Crippen LogP contribution >= 0.6 is 0 Å². The van der Waals surface area contributed by atoms with Gasteiger partial charge in [-0.25, -0.2) is 9.48 Å². The van der Waals surface area contributed by atoms with Gasteiger partial charge in [-0.05, 0) is 30.3 Å². The number of ether oxygens (including phenoxy) is 1. The molecule has 0 saturated heterocycles. The molecule has 2 heterocycles. The molecule has 0 spiro atoms. The predicted molar refractivity (Wildman–Crippen MR) is 84.4 cm³/mol. The third-order valence-electron chi connectivity index (χ3n) is 3.03. The Morgan fingerprint density at radius 3 is 2.78 bits per heavy atom. The summed E-state index contributed by atoms with van der Waals surface area (Å²) in [6.45, 7) is 0.664. The first-order chi connectivity index (χ1) is 11.3. The second-order valence-electron chi connectivity index (χ2n) is 4.65. The molecule has 1 aromatic carbocycles. The summed E-state index contributed by atoms with van der Waals surface area (Å²) in [5.41, 5.74) is 1.16. The molecule has 0 amide bonds. The number of hydrogen-bond donors (Lipinski definition) is 1. The number of nitrogens with one attached hydrogen (secondary N) is 1. The van der Waals surface area contributed by atoms with Crippen LogP contribution in [0.1, 0.15) is 10.5 Å². The number of benzene rings is 1. The van der Waals surface area contributed by atoms with Crippen molar-refractivity contribution in [2.45, 2.75) is 0 Å². The molecule has 0 atom stereocenters. The van der Waals surface area contributed by atoms with Crippen molar-refractivity contribution in [1.29, 1.82) is 0 Å². The van der Waals surface area contributed by atoms with Crippen molar-refractivity contribution < 1.29 is 9.53 Å². The lowest BCUT2D eigenvalue weighted by molar-refractivity contribution is 0.0513. The van der Waals surface area contributed by atoms with Crippen molar-refractivity contribution in [3.05, 3.63) is 66.6 Å². The van der Waals surface area contributed by atoms with Crippen LogP contribution in [0.3, 0.4) is 0 Å². The summed E-state index contributed by atoms with van der Waals surface area (Å²) < 4.78 is 6.81. The topological polar surface area (TPSA) is 81.9 Å². The molecule has 7 nitrogen and oxygen atoms in total. The molecule has 7 heteroatoms. The number of esters is 1. The molecule has 0 bridgehead atoms. The number of para-hydroxylation sites is 1. The van der Waals surface area contributed by atoms with Gasteiger partial charge >= 0.3 is 5.97 Å². The zero-order chi connectivity index (χ0) is 15.9. The van der Waals surface area contributed by atoms with Crippen LogP contribution in [0.25, 0.3) is 5.69 Å². The van der Waals surface area contributed by atoms with Crippen LogP contribution in [0.15, 0.2) is 60.9 Å². The van der Waals surface area contributed by atoms with Gasteiger partial charge in [0, 0.05) is 12.4 Å². The zero-order valence-electron chi connectivity index (χ0n) is 12.3. The number of nitrogens with zero attached hydrogens (tertiary/aromatic N) is 4. The van der Waals surface area contributed by atoms with E-state index in [1.54, 1.807) is 35.3 Å². The molecular formula is C16H15N5O2. The third-order valence-corrected chi connectivity index (χ3v) is 3.03. The Morgan fingerprint density at radius 1 is 1.13 bits per heavy atom. The predicted octanol–water partition coefficient (Wildman–Crippen LogP) is 1.93. The van der Waals surface area contributed by atoms with Crippen LogP contribution in [0, 0.1) is 0 Å². The normalized spacial score (nSPS) is 10.3. The van der Waals surface area contributed by atoms with Crippen molar-refractivity contribution >= 4 is 11.8 Å². The maximum atomic E-state index is 11.9. The number of hydrogen-bond acceptors (Lipinski definition) is 6. The van der Waals surface area contributed by atoms with Crippen LogP contribution in [-0.4, -0.2) is 39.1 Å². The summed E-state index contributed by atoms with van der Waals surface area (Å²) in [5.74, 6) is 0.178. The second-order valence-corrected chi connectivity index (χ2v) is 4.65. The van der Waals surface area contributed by atoms with Gasteiger partial charge in [-0.1, -0.05) is 18.2 Å². The van der Waals surface area contributed by atoms with E-state index in [-0.39, 0.29) is 12.3 Å². The highest BCUT2D eigenvalue weighted by Crippen LogP contribution is 2.07. The van der Waals surface area contributed by atoms with Crippen molar-refractivity contribution in [2.24, 2.45) is 0 Å². The van der Waals surface area contributed by atoms with Gasteiger partial charge in [-0.2, -0.15) is 10.2 Å². The Labute approximate surface area is 132 Å². The van der Waals surface area contributed by atoms with Gasteiger partial charge in [0.25, 0.3) is 0 Å². The fraction of sp³-hybridized carbons (Fsp3) is 0.125. The van der Waals surface area contributed by atoms with E-state index in [4.69, 9.17) is 4.74 Å². The minimum Gasteiger partial charge on any atom is -0.459 e. The zero-order valence-corrected chi connectivity index (χ0v) is 12.3. The number of aromatic nitrogens is 4. The lowest BCUT2D eigenvalue weighted by Gasteiger charge is -2.05. The van der Waals surface area contributed by atoms with Gasteiger partial charge in [0.2, 0.25) is 0 Å². The smallest absolute Gasteiger partial charge is 0.358 e. The quantitative estimate of drug-likeness (QED) is 0.553. The first-order valence-corrected chi connectivity index (χ1v) is 7.13. The van der Waals surface area contributed by atoms with E-state index in [0.29, 0.717) is 12.4 Å². The summed E-state index contributed by atoms with van der Waals surface area (Å²) in [6, 6.07) is 14.8. The van der Waals surface area contributed by atoms with E-state index in [1.165, 1.54) is 0 Å². The van der Waals surface area contributed by atoms with Crippen LogP contribution in [0.2, 0.25) is 0 Å². The Bertz CT molecular complexity index is 758. The molecular weight excluding hydrogens is 294 g/mol. The number of carbonyl (C=O) groups excluding carboxylic acids is 1. The van der Waals surface area contributed by atoms with E-state index in [1.807, 2.05) is 30.3 Å². The fourth-order valence-electron chi connectivity index (χ4n) is 1.95. The van der Waals surface area contributed by atoms with Gasteiger partial charge in [-0.3, -0.25) is 0 Å². The van der Waals surface area contributed by atoms with Crippen LogP contribution in [0.5, 0.6) is 0 Å². The summed E-state index contributed by atoms with van der Waals surface area (Å²) in [4.78, 5) is 11.9. The minimum atomic E-state index is -0.458. The standard InChI is InChI=1S/C16H15N5O2/c22-16(23-12-10-17-15-7-4-9-18-19-15)14-8-11-21(20-14)13-5-2-1-3-6-13/h1-9,11H,10,12H2,(H,17,19). The van der Waals surface area contributed by atoms with Crippen molar-refractivity contribution in [3.8, 4) is 5.69 Å². The van der Waals surface area contributed by atoms with Gasteiger partial charge < -0.3 is 10.1 Å². The lowest BCUT2D eigenvalue weighted by Crippen LogP contribution is -2.15. The van der Waals surface area contributed by atoms with Crippen molar-refractivity contribution in [3.63, 3.8) is 0 Å². The van der Waals surface area contributed by atoms with Crippen LogP contribution in [0.4, 0.5) is 5.82 Å². The summed E-state index contributed by atoms with van der Waals surface area (Å²) in [5, 5.41) is 14.8. The molecule has 2 aromatic heterocycles. The van der Waals surface area contributed by atoms with E-state index in [2.05, 4.69) is 20.6 Å². The van der Waals surface area contributed by atoms with E-state index < -0.39 is 5.97 Å². The summed E-state index contributed by atoms with van der Waals surface area (Å²) in [6.07, 6.45) is 3.32. The van der Waals surface area contributed by atoms with E-state index in [0.717, 1.165) is 5.69 Å². The molecule has 116 valence electrons. The fourth-order valence-corrected chi connectivity index (χ4v) is 1.95. The highest BCUT2D eigenvalue weighted by Gasteiger charge is 2.11. The van der Waals surface area contributed by atoms with Crippen molar-refractivity contribution in [2.75, 3.05) is 18.5 Å². The Balaban J connectivity index is 1.50. The Morgan fingerprint density at radius 2 is 2.00 bits per heavy atom. The minimum absolute atomic E-state index is 0.216. The molecule has 3 aromatic rings. The number of anilines is 1. The van der Waals surface area contributed by atoms with Gasteiger partial charge in [0.15, 0.2) is 5.69 Å². The van der Waals surface area contributed by atoms with Crippen LogP contribution in [-0.2, 0) is 4.74 Å². The Hall–Kier alpha value is -3.22.